The summed E-state index contributed by atoms with van der Waals surface area (Å²) in [6.07, 6.45) is 9.33. The van der Waals surface area contributed by atoms with Crippen molar-refractivity contribution in [2.75, 3.05) is 6.54 Å². The summed E-state index contributed by atoms with van der Waals surface area (Å²) < 4.78 is 0. The molecule has 0 radical (unpaired) electrons. The van der Waals surface area contributed by atoms with Gasteiger partial charge in [0.15, 0.2) is 0 Å². The summed E-state index contributed by atoms with van der Waals surface area (Å²) >= 11 is 0. The molecule has 0 aliphatic carbocycles. The highest BCUT2D eigenvalue weighted by Gasteiger charge is 2.15. The van der Waals surface area contributed by atoms with E-state index in [0.717, 1.165) is 6.54 Å². The number of hydrogen-bond acceptors (Lipinski definition) is 1. The van der Waals surface area contributed by atoms with Crippen LogP contribution >= 0.6 is 0 Å². The molecule has 80 valence electrons. The molecule has 0 aromatic carbocycles. The van der Waals surface area contributed by atoms with Gasteiger partial charge in [-0.1, -0.05) is 46.5 Å². The first kappa shape index (κ1) is 13.0. The highest BCUT2D eigenvalue weighted by atomic mass is 14.5. The Morgan fingerprint density at radius 2 is 1.54 bits per heavy atom. The Morgan fingerprint density at radius 3 is 2.08 bits per heavy atom. The molecule has 0 bridgehead atoms. The first-order chi connectivity index (χ1) is 6.12. The average molecular weight is 185 g/mol. The molecule has 0 aromatic rings. The van der Waals surface area contributed by atoms with Crippen LogP contribution in [0.15, 0.2) is 0 Å². The minimum absolute atomic E-state index is 0.567. The molecule has 1 heteroatoms. The van der Waals surface area contributed by atoms with Crippen molar-refractivity contribution in [3.8, 4) is 0 Å². The summed E-state index contributed by atoms with van der Waals surface area (Å²) in [6, 6.07) is 0. The minimum atomic E-state index is 0.567. The maximum atomic E-state index is 5.44. The number of rotatable bonds is 8. The van der Waals surface area contributed by atoms with Gasteiger partial charge in [-0.3, -0.25) is 0 Å². The van der Waals surface area contributed by atoms with Gasteiger partial charge in [0.2, 0.25) is 0 Å². The molecule has 0 rings (SSSR count). The van der Waals surface area contributed by atoms with E-state index in [1.54, 1.807) is 0 Å². The van der Waals surface area contributed by atoms with Crippen LogP contribution < -0.4 is 5.73 Å². The molecule has 2 N–H and O–H groups in total. The zero-order chi connectivity index (χ0) is 10.2. The summed E-state index contributed by atoms with van der Waals surface area (Å²) in [5.41, 5.74) is 6.01. The van der Waals surface area contributed by atoms with E-state index in [0.29, 0.717) is 5.41 Å². The molecule has 0 atom stereocenters. The number of unbranched alkanes of at least 4 members (excludes halogenated alkanes) is 3. The van der Waals surface area contributed by atoms with Crippen molar-refractivity contribution in [3.63, 3.8) is 0 Å². The molecule has 0 spiro atoms. The van der Waals surface area contributed by atoms with E-state index in [4.69, 9.17) is 5.73 Å². The molecule has 0 saturated heterocycles. The summed E-state index contributed by atoms with van der Waals surface area (Å²) in [5.74, 6) is 0. The fraction of sp³-hybridized carbons (Fsp3) is 1.00. The van der Waals surface area contributed by atoms with Gasteiger partial charge in [0.05, 0.1) is 0 Å². The van der Waals surface area contributed by atoms with E-state index >= 15 is 0 Å². The van der Waals surface area contributed by atoms with Gasteiger partial charge < -0.3 is 5.73 Å². The van der Waals surface area contributed by atoms with Crippen LogP contribution in [-0.2, 0) is 0 Å². The third-order valence-corrected chi connectivity index (χ3v) is 2.73. The van der Waals surface area contributed by atoms with Crippen LogP contribution in [0.1, 0.15) is 65.7 Å². The molecular formula is C12H27N. The van der Waals surface area contributed by atoms with Crippen molar-refractivity contribution in [2.24, 2.45) is 11.1 Å². The van der Waals surface area contributed by atoms with Crippen molar-refractivity contribution in [2.45, 2.75) is 65.7 Å². The first-order valence-electron chi connectivity index (χ1n) is 5.82. The Hall–Kier alpha value is -0.0400. The molecule has 0 fully saturated rings. The van der Waals surface area contributed by atoms with Crippen molar-refractivity contribution in [1.29, 1.82) is 0 Å². The standard InChI is InChI=1S/C12H27N/c1-4-9-12(2,3)10-7-5-6-8-11-13/h4-11,13H2,1-3H3. The van der Waals surface area contributed by atoms with Crippen molar-refractivity contribution in [3.05, 3.63) is 0 Å². The summed E-state index contributed by atoms with van der Waals surface area (Å²) in [6.45, 7) is 7.91. The van der Waals surface area contributed by atoms with E-state index in [-0.39, 0.29) is 0 Å². The monoisotopic (exact) mass is 185 g/mol. The van der Waals surface area contributed by atoms with Crippen LogP contribution in [0.2, 0.25) is 0 Å². The predicted molar refractivity (Wildman–Crippen MR) is 60.8 cm³/mol. The van der Waals surface area contributed by atoms with Gasteiger partial charge >= 0.3 is 0 Å². The highest BCUT2D eigenvalue weighted by Crippen LogP contribution is 2.28. The van der Waals surface area contributed by atoms with Crippen molar-refractivity contribution in [1.82, 2.24) is 0 Å². The average Bonchev–Trinajstić information content (AvgIpc) is 2.04. The van der Waals surface area contributed by atoms with Gasteiger partial charge in [0, 0.05) is 0 Å². The number of hydrogen-bond donors (Lipinski definition) is 1. The molecular weight excluding hydrogens is 158 g/mol. The van der Waals surface area contributed by atoms with Gasteiger partial charge in [0.1, 0.15) is 0 Å². The predicted octanol–water partition coefficient (Wildman–Crippen LogP) is 3.72. The minimum Gasteiger partial charge on any atom is -0.330 e. The maximum absolute atomic E-state index is 5.44. The van der Waals surface area contributed by atoms with E-state index in [2.05, 4.69) is 20.8 Å². The lowest BCUT2D eigenvalue weighted by Crippen LogP contribution is -2.10. The highest BCUT2D eigenvalue weighted by molar-refractivity contribution is 4.67. The van der Waals surface area contributed by atoms with Crippen LogP contribution in [0.3, 0.4) is 0 Å². The van der Waals surface area contributed by atoms with Crippen molar-refractivity contribution >= 4 is 0 Å². The molecule has 0 saturated carbocycles. The molecule has 0 aromatic heterocycles. The van der Waals surface area contributed by atoms with Crippen LogP contribution in [0.25, 0.3) is 0 Å². The Labute approximate surface area is 84.1 Å². The molecule has 1 nitrogen and oxygen atoms in total. The van der Waals surface area contributed by atoms with Gasteiger partial charge in [-0.2, -0.15) is 0 Å². The molecule has 13 heavy (non-hydrogen) atoms. The summed E-state index contributed by atoms with van der Waals surface area (Å²) in [5, 5.41) is 0. The quantitative estimate of drug-likeness (QED) is 0.573. The van der Waals surface area contributed by atoms with E-state index < -0.39 is 0 Å². The first-order valence-corrected chi connectivity index (χ1v) is 5.82. The second kappa shape index (κ2) is 7.37. The molecule has 0 aliphatic heterocycles. The fourth-order valence-electron chi connectivity index (χ4n) is 1.90. The Morgan fingerprint density at radius 1 is 0.923 bits per heavy atom. The Bertz CT molecular complexity index is 108. The zero-order valence-corrected chi connectivity index (χ0v) is 9.73. The lowest BCUT2D eigenvalue weighted by atomic mass is 9.83. The maximum Gasteiger partial charge on any atom is -0.00773 e. The van der Waals surface area contributed by atoms with Gasteiger partial charge in [0.25, 0.3) is 0 Å². The molecule has 0 unspecified atom stereocenters. The third-order valence-electron chi connectivity index (χ3n) is 2.73. The molecule has 0 heterocycles. The molecule has 0 aliphatic rings. The van der Waals surface area contributed by atoms with E-state index in [1.807, 2.05) is 0 Å². The van der Waals surface area contributed by atoms with Gasteiger partial charge in [-0.05, 0) is 31.2 Å². The molecule has 0 amide bonds. The Kier molecular flexibility index (Phi) is 7.35. The summed E-state index contributed by atoms with van der Waals surface area (Å²) in [7, 11) is 0. The van der Waals surface area contributed by atoms with Crippen LogP contribution in [0, 0.1) is 5.41 Å². The largest absolute Gasteiger partial charge is 0.330 e. The second-order valence-electron chi connectivity index (χ2n) is 4.87. The zero-order valence-electron chi connectivity index (χ0n) is 9.73. The van der Waals surface area contributed by atoms with Crippen LogP contribution in [0.5, 0.6) is 0 Å². The normalized spacial score (nSPS) is 12.0. The van der Waals surface area contributed by atoms with Gasteiger partial charge in [-0.25, -0.2) is 0 Å². The topological polar surface area (TPSA) is 26.0 Å². The fourth-order valence-corrected chi connectivity index (χ4v) is 1.90. The SMILES string of the molecule is CCCC(C)(C)CCCCCCN. The van der Waals surface area contributed by atoms with Crippen LogP contribution in [0.4, 0.5) is 0 Å². The lowest BCUT2D eigenvalue weighted by Gasteiger charge is -2.23. The lowest BCUT2D eigenvalue weighted by molar-refractivity contribution is 0.291. The third kappa shape index (κ3) is 8.29. The second-order valence-corrected chi connectivity index (χ2v) is 4.87. The Balaban J connectivity index is 3.29. The van der Waals surface area contributed by atoms with Crippen LogP contribution in [-0.4, -0.2) is 6.54 Å². The van der Waals surface area contributed by atoms with Crippen molar-refractivity contribution < 1.29 is 0 Å². The van der Waals surface area contributed by atoms with E-state index in [1.165, 1.54) is 44.9 Å². The summed E-state index contributed by atoms with van der Waals surface area (Å²) in [4.78, 5) is 0. The smallest absolute Gasteiger partial charge is 0.00773 e. The number of nitrogens with two attached hydrogens (primary N) is 1. The van der Waals surface area contributed by atoms with E-state index in [9.17, 15) is 0 Å². The van der Waals surface area contributed by atoms with Gasteiger partial charge in [-0.15, -0.1) is 0 Å².